The van der Waals surface area contributed by atoms with E-state index in [9.17, 15) is 4.79 Å². The monoisotopic (exact) mass is 442 g/mol. The van der Waals surface area contributed by atoms with Gasteiger partial charge in [0, 0.05) is 21.3 Å². The van der Waals surface area contributed by atoms with E-state index in [2.05, 4.69) is 36.4 Å². The van der Waals surface area contributed by atoms with E-state index in [1.807, 2.05) is 43.3 Å². The number of halogens is 1. The highest BCUT2D eigenvalue weighted by atomic mass is 79.9. The quantitative estimate of drug-likeness (QED) is 0.472. The fourth-order valence-electron chi connectivity index (χ4n) is 2.72. The second kappa shape index (κ2) is 7.66. The highest BCUT2D eigenvalue weighted by Crippen LogP contribution is 2.36. The van der Waals surface area contributed by atoms with Crippen LogP contribution in [-0.4, -0.2) is 32.9 Å². The van der Waals surface area contributed by atoms with Gasteiger partial charge in [-0.2, -0.15) is 4.98 Å². The molecule has 1 N–H and O–H groups in total. The summed E-state index contributed by atoms with van der Waals surface area (Å²) >= 11 is 4.85. The number of hydrogen-bond donors (Lipinski definition) is 1. The molecule has 1 aliphatic heterocycles. The summed E-state index contributed by atoms with van der Waals surface area (Å²) in [6.07, 6.45) is -0.912. The molecule has 6 nitrogen and oxygen atoms in total. The molecule has 2 aromatic carbocycles. The topological polar surface area (TPSA) is 77.0 Å². The van der Waals surface area contributed by atoms with Crippen LogP contribution in [0.1, 0.15) is 17.3 Å². The van der Waals surface area contributed by atoms with Gasteiger partial charge in [-0.1, -0.05) is 64.9 Å². The number of hydrogen-bond acceptors (Lipinski definition) is 7. The summed E-state index contributed by atoms with van der Waals surface area (Å²) in [5, 5.41) is 12.2. The van der Waals surface area contributed by atoms with E-state index in [1.54, 1.807) is 12.1 Å². The molecule has 0 fully saturated rings. The minimum absolute atomic E-state index is 0.187. The summed E-state index contributed by atoms with van der Waals surface area (Å²) in [5.74, 6) is 0.929. The van der Waals surface area contributed by atoms with Crippen molar-refractivity contribution in [1.82, 2.24) is 15.2 Å². The fourth-order valence-corrected chi connectivity index (χ4v) is 3.49. The molecular formula is C19H15BrN4O2S. The van der Waals surface area contributed by atoms with Gasteiger partial charge in [-0.05, 0) is 24.0 Å². The summed E-state index contributed by atoms with van der Waals surface area (Å²) < 4.78 is 6.88. The molecule has 0 aliphatic carbocycles. The number of aromatic nitrogens is 3. The minimum atomic E-state index is -0.912. The minimum Gasteiger partial charge on any atom is -0.444 e. The third kappa shape index (κ3) is 3.68. The van der Waals surface area contributed by atoms with Gasteiger partial charge in [0.05, 0.1) is 0 Å². The van der Waals surface area contributed by atoms with Crippen LogP contribution in [0.3, 0.4) is 0 Å². The largest absolute Gasteiger partial charge is 0.444 e. The molecular weight excluding hydrogens is 428 g/mol. The lowest BCUT2D eigenvalue weighted by molar-refractivity contribution is 0.0823. The van der Waals surface area contributed by atoms with Crippen LogP contribution < -0.4 is 10.1 Å². The van der Waals surface area contributed by atoms with Gasteiger partial charge in [0.2, 0.25) is 23.0 Å². The number of nitrogens with zero attached hydrogens (tertiary/aromatic N) is 3. The Hall–Kier alpha value is -2.45. The molecule has 0 spiro atoms. The Kier molecular flexibility index (Phi) is 5.09. The van der Waals surface area contributed by atoms with E-state index in [4.69, 9.17) is 4.74 Å². The average Bonchev–Trinajstić information content (AvgIpc) is 2.85. The van der Waals surface area contributed by atoms with E-state index in [0.717, 1.165) is 21.5 Å². The van der Waals surface area contributed by atoms with E-state index >= 15 is 0 Å². The average molecular weight is 443 g/mol. The van der Waals surface area contributed by atoms with Crippen molar-refractivity contribution in [3.8, 4) is 17.1 Å². The van der Waals surface area contributed by atoms with Crippen molar-refractivity contribution in [2.45, 2.75) is 18.3 Å². The van der Waals surface area contributed by atoms with Gasteiger partial charge in [-0.3, -0.25) is 4.79 Å². The first-order chi connectivity index (χ1) is 13.2. The fraction of sp³-hybridized carbons (Fsp3) is 0.158. The highest BCUT2D eigenvalue weighted by molar-refractivity contribution is 9.10. The third-order valence-electron chi connectivity index (χ3n) is 3.97. The number of ketones is 1. The van der Waals surface area contributed by atoms with Gasteiger partial charge in [-0.25, -0.2) is 0 Å². The molecule has 0 bridgehead atoms. The lowest BCUT2D eigenvalue weighted by Gasteiger charge is -2.17. The molecule has 27 heavy (non-hydrogen) atoms. The molecule has 1 atom stereocenters. The Labute approximate surface area is 168 Å². The van der Waals surface area contributed by atoms with Crippen LogP contribution in [0.2, 0.25) is 0 Å². The van der Waals surface area contributed by atoms with Gasteiger partial charge in [0.15, 0.2) is 5.69 Å². The normalized spacial score (nSPS) is 15.0. The third-order valence-corrected chi connectivity index (χ3v) is 5.22. The number of Topliss-reactive ketones (excluding diaryl/α,β-unsaturated/α-hetero) is 1. The first-order valence-corrected chi connectivity index (χ1v) is 10.1. The SMILES string of the molecule is CCSc1nnc2c(n1)OC(C(=O)c1ccc(Br)cc1)Nc1ccccc1-2. The number of ether oxygens (including phenoxy) is 1. The number of fused-ring (bicyclic) bond motifs is 3. The van der Waals surface area contributed by atoms with Crippen molar-refractivity contribution in [2.75, 3.05) is 11.1 Å². The molecule has 0 amide bonds. The molecule has 0 saturated carbocycles. The number of rotatable bonds is 4. The standard InChI is InChI=1S/C19H15BrN4O2S/c1-2-27-19-22-17-15(23-24-19)13-5-3-4-6-14(13)21-18(26-17)16(25)11-7-9-12(20)10-8-11/h3-10,18,21H,2H2,1H3. The summed E-state index contributed by atoms with van der Waals surface area (Å²) in [6.45, 7) is 2.01. The van der Waals surface area contributed by atoms with E-state index in [1.165, 1.54) is 11.8 Å². The van der Waals surface area contributed by atoms with Crippen molar-refractivity contribution in [3.63, 3.8) is 0 Å². The number of para-hydroxylation sites is 1. The molecule has 4 rings (SSSR count). The van der Waals surface area contributed by atoms with E-state index < -0.39 is 6.23 Å². The van der Waals surface area contributed by atoms with Crippen LogP contribution >= 0.6 is 27.7 Å². The van der Waals surface area contributed by atoms with Gasteiger partial charge >= 0.3 is 0 Å². The lowest BCUT2D eigenvalue weighted by atomic mass is 10.1. The Balaban J connectivity index is 1.77. The molecule has 1 aliphatic rings. The summed E-state index contributed by atoms with van der Waals surface area (Å²) in [4.78, 5) is 17.5. The summed E-state index contributed by atoms with van der Waals surface area (Å²) in [5.41, 5.74) is 2.61. The van der Waals surface area contributed by atoms with Crippen LogP contribution in [0.4, 0.5) is 5.69 Å². The number of thioether (sulfide) groups is 1. The number of carbonyl (C=O) groups is 1. The van der Waals surface area contributed by atoms with Crippen molar-refractivity contribution in [1.29, 1.82) is 0 Å². The molecule has 0 radical (unpaired) electrons. The molecule has 3 aromatic rings. The highest BCUT2D eigenvalue weighted by Gasteiger charge is 2.30. The first kappa shape index (κ1) is 17.9. The molecule has 2 heterocycles. The number of carbonyl (C=O) groups excluding carboxylic acids is 1. The zero-order chi connectivity index (χ0) is 18.8. The number of anilines is 1. The van der Waals surface area contributed by atoms with Crippen LogP contribution in [0.5, 0.6) is 5.88 Å². The van der Waals surface area contributed by atoms with Gasteiger partial charge < -0.3 is 10.1 Å². The maximum atomic E-state index is 13.0. The molecule has 1 unspecified atom stereocenters. The van der Waals surface area contributed by atoms with Crippen LogP contribution in [0.15, 0.2) is 58.2 Å². The van der Waals surface area contributed by atoms with Crippen LogP contribution in [0, 0.1) is 0 Å². The summed E-state index contributed by atoms with van der Waals surface area (Å²) in [7, 11) is 0. The maximum absolute atomic E-state index is 13.0. The van der Waals surface area contributed by atoms with Crippen molar-refractivity contribution in [3.05, 3.63) is 58.6 Å². The summed E-state index contributed by atoms with van der Waals surface area (Å²) in [6, 6.07) is 14.7. The van der Waals surface area contributed by atoms with E-state index in [-0.39, 0.29) is 5.78 Å². The second-order valence-corrected chi connectivity index (χ2v) is 7.89. The number of nitrogens with one attached hydrogen (secondary N) is 1. The van der Waals surface area contributed by atoms with Gasteiger partial charge in [0.1, 0.15) is 0 Å². The Morgan fingerprint density at radius 3 is 2.74 bits per heavy atom. The first-order valence-electron chi connectivity index (χ1n) is 8.35. The molecule has 8 heteroatoms. The van der Waals surface area contributed by atoms with Crippen LogP contribution in [-0.2, 0) is 0 Å². The van der Waals surface area contributed by atoms with Crippen molar-refractivity contribution >= 4 is 39.2 Å². The molecule has 1 aromatic heterocycles. The smallest absolute Gasteiger partial charge is 0.247 e. The lowest BCUT2D eigenvalue weighted by Crippen LogP contribution is -2.35. The second-order valence-electron chi connectivity index (χ2n) is 5.74. The zero-order valence-corrected chi connectivity index (χ0v) is 16.8. The van der Waals surface area contributed by atoms with Crippen molar-refractivity contribution < 1.29 is 9.53 Å². The van der Waals surface area contributed by atoms with Crippen molar-refractivity contribution in [2.24, 2.45) is 0 Å². The maximum Gasteiger partial charge on any atom is 0.247 e. The Morgan fingerprint density at radius 2 is 1.96 bits per heavy atom. The predicted octanol–water partition coefficient (Wildman–Crippen LogP) is 4.43. The van der Waals surface area contributed by atoms with Gasteiger partial charge in [-0.15, -0.1) is 10.2 Å². The van der Waals surface area contributed by atoms with Gasteiger partial charge in [0.25, 0.3) is 0 Å². The Bertz CT molecular complexity index is 997. The molecule has 136 valence electrons. The van der Waals surface area contributed by atoms with Crippen LogP contribution in [0.25, 0.3) is 11.3 Å². The predicted molar refractivity (Wildman–Crippen MR) is 108 cm³/mol. The van der Waals surface area contributed by atoms with E-state index in [0.29, 0.717) is 22.3 Å². The Morgan fingerprint density at radius 1 is 1.19 bits per heavy atom. The number of benzene rings is 2. The molecule has 0 saturated heterocycles. The zero-order valence-electron chi connectivity index (χ0n) is 14.3.